The summed E-state index contributed by atoms with van der Waals surface area (Å²) >= 11 is 0. The molecule has 0 spiro atoms. The molecule has 0 saturated heterocycles. The molecule has 0 saturated carbocycles. The highest BCUT2D eigenvalue weighted by Gasteiger charge is 3.03. The molecule has 0 aliphatic rings. The minimum absolute atomic E-state index is 0.0414. The molecular formula is C36H52BF24-. The van der Waals surface area contributed by atoms with Gasteiger partial charge in [0.2, 0.25) is 23.3 Å². The number of alkyl halides is 24. The molecule has 0 aliphatic carbocycles. The Hall–Kier alpha value is -1.62. The van der Waals surface area contributed by atoms with Crippen molar-refractivity contribution in [2.24, 2.45) is 0 Å². The van der Waals surface area contributed by atoms with E-state index < -0.39 is 154 Å². The van der Waals surface area contributed by atoms with Gasteiger partial charge in [-0.2, -0.15) is 70.2 Å². The zero-order chi connectivity index (χ0) is 48.6. The molecule has 61 heavy (non-hydrogen) atoms. The van der Waals surface area contributed by atoms with Crippen LogP contribution in [0.4, 0.5) is 105 Å². The topological polar surface area (TPSA) is 0 Å². The van der Waals surface area contributed by atoms with Gasteiger partial charge in [-0.1, -0.05) is 105 Å². The second-order valence-electron chi connectivity index (χ2n) is 15.7. The average molecular weight is 952 g/mol. The highest BCUT2D eigenvalue weighted by molar-refractivity contribution is 6.89. The molecule has 0 nitrogen and oxygen atoms in total. The van der Waals surface area contributed by atoms with E-state index in [0.29, 0.717) is 0 Å². The Morgan fingerprint density at radius 3 is 0.508 bits per heavy atom. The summed E-state index contributed by atoms with van der Waals surface area (Å²) in [5.74, 6) is -103. The molecular weight excluding hydrogens is 899 g/mol. The van der Waals surface area contributed by atoms with Crippen LogP contribution >= 0.6 is 0 Å². The first kappa shape index (κ1) is 59.4. The van der Waals surface area contributed by atoms with Crippen molar-refractivity contribution in [3.05, 3.63) is 0 Å². The summed E-state index contributed by atoms with van der Waals surface area (Å²) in [5, 5.41) is 0. The molecule has 0 aromatic carbocycles. The van der Waals surface area contributed by atoms with E-state index in [1.807, 2.05) is 0 Å². The molecule has 0 bridgehead atoms. The van der Waals surface area contributed by atoms with Crippen molar-refractivity contribution in [2.45, 2.75) is 227 Å². The van der Waals surface area contributed by atoms with E-state index in [0.717, 1.165) is 0 Å². The van der Waals surface area contributed by atoms with Gasteiger partial charge in [0.1, 0.15) is 0 Å². The van der Waals surface area contributed by atoms with Crippen molar-refractivity contribution in [1.29, 1.82) is 0 Å². The summed E-state index contributed by atoms with van der Waals surface area (Å²) in [6.07, 6.45) is -34.8. The number of unbranched alkanes of at least 4 members (excludes halogenated alkanes) is 12. The Bertz CT molecular complexity index is 1110. The van der Waals surface area contributed by atoms with Crippen LogP contribution < -0.4 is 0 Å². The first-order valence-electron chi connectivity index (χ1n) is 19.9. The highest BCUT2D eigenvalue weighted by Crippen LogP contribution is 2.73. The van der Waals surface area contributed by atoms with Crippen LogP contribution in [-0.4, -0.2) is 76.8 Å². The lowest BCUT2D eigenvalue weighted by molar-refractivity contribution is -0.350. The van der Waals surface area contributed by atoms with Gasteiger partial charge in [0.05, 0.1) is 0 Å². The second kappa shape index (κ2) is 20.7. The Morgan fingerprint density at radius 1 is 0.230 bits per heavy atom. The van der Waals surface area contributed by atoms with Crippen LogP contribution in [0.25, 0.3) is 0 Å². The van der Waals surface area contributed by atoms with E-state index in [4.69, 9.17) is 0 Å². The predicted octanol–water partition coefficient (Wildman–Crippen LogP) is 17.1. The highest BCUT2D eigenvalue weighted by atomic mass is 19.4. The standard InChI is InChI=1S/C36H52BF24/c1-5-9-13-17-21-25(38,39)29(46,47)33(54,55)37(34(56,57)30(48,49)26(40,41)22-18-14-10-6-2,35(58,59)31(50,51)27(42,43)23-19-15-11-7-3)36(60,61)32(52,53)28(44,45)24-20-16-12-8-4/h5-24H2,1-4H3/q-1. The fraction of sp³-hybridized carbons (Fsp3) is 1.00. The quantitative estimate of drug-likeness (QED) is 0.0358. The van der Waals surface area contributed by atoms with Gasteiger partial charge in [-0.25, -0.2) is 35.1 Å². The van der Waals surface area contributed by atoms with Gasteiger partial charge >= 0.3 is 53.5 Å². The maximum Gasteiger partial charge on any atom is 0.339 e. The van der Waals surface area contributed by atoms with E-state index in [9.17, 15) is 0 Å². The number of hydrogen-bond donors (Lipinski definition) is 0. The SMILES string of the molecule is CCCCCCC(F)(F)C(F)(F)C(F)(F)[B-](C(F)(F)C(F)(F)C(F)(F)CCCCCC)(C(F)(F)C(F)(F)C(F)(F)CCCCCC)C(F)(F)C(F)(F)C(F)(F)CCCCCC. The monoisotopic (exact) mass is 951 g/mol. The molecule has 0 amide bonds. The third kappa shape index (κ3) is 10.3. The lowest BCUT2D eigenvalue weighted by atomic mass is 9.08. The molecule has 0 rings (SSSR count). The minimum Gasteiger partial charge on any atom is -0.244 e. The van der Waals surface area contributed by atoms with Gasteiger partial charge in [0.25, 0.3) is 0 Å². The maximum atomic E-state index is 16.5. The summed E-state index contributed by atoms with van der Waals surface area (Å²) in [5.41, 5.74) is 0. The molecule has 0 heterocycles. The van der Waals surface area contributed by atoms with Crippen molar-refractivity contribution < 1.29 is 105 Å². The van der Waals surface area contributed by atoms with Crippen molar-refractivity contribution >= 4 is 6.15 Å². The molecule has 0 aromatic rings. The third-order valence-corrected chi connectivity index (χ3v) is 11.1. The van der Waals surface area contributed by atoms with E-state index in [-0.39, 0.29) is 51.4 Å². The zero-order valence-electron chi connectivity index (χ0n) is 33.8. The van der Waals surface area contributed by atoms with Crippen LogP contribution in [0, 0.1) is 0 Å². The summed E-state index contributed by atoms with van der Waals surface area (Å²) in [4.78, 5) is 0. The molecule has 25 heteroatoms. The molecule has 0 aromatic heterocycles. The summed E-state index contributed by atoms with van der Waals surface area (Å²) in [6, 6.07) is 0. The van der Waals surface area contributed by atoms with Crippen LogP contribution in [-0.2, 0) is 0 Å². The average Bonchev–Trinajstić information content (AvgIpc) is 3.11. The van der Waals surface area contributed by atoms with Crippen molar-refractivity contribution in [3.8, 4) is 0 Å². The molecule has 0 radical (unpaired) electrons. The lowest BCUT2D eigenvalue weighted by Crippen LogP contribution is -2.96. The van der Waals surface area contributed by atoms with E-state index in [2.05, 4.69) is 0 Å². The Labute approximate surface area is 338 Å². The first-order chi connectivity index (χ1) is 27.2. The van der Waals surface area contributed by atoms with Crippen LogP contribution in [0.5, 0.6) is 0 Å². The first-order valence-corrected chi connectivity index (χ1v) is 19.9. The number of rotatable bonds is 32. The summed E-state index contributed by atoms with van der Waals surface area (Å²) in [6.45, 7) is 5.07. The maximum absolute atomic E-state index is 16.5. The molecule has 0 aliphatic heterocycles. The smallest absolute Gasteiger partial charge is 0.244 e. The largest absolute Gasteiger partial charge is 0.339 e. The van der Waals surface area contributed by atoms with Crippen molar-refractivity contribution in [2.75, 3.05) is 0 Å². The predicted molar refractivity (Wildman–Crippen MR) is 180 cm³/mol. The molecule has 0 unspecified atom stereocenters. The fourth-order valence-corrected chi connectivity index (χ4v) is 7.15. The number of hydrogen-bond acceptors (Lipinski definition) is 0. The molecule has 0 fully saturated rings. The Morgan fingerprint density at radius 2 is 0.377 bits per heavy atom. The summed E-state index contributed by atoms with van der Waals surface area (Å²) < 4.78 is 379. The van der Waals surface area contributed by atoms with Crippen molar-refractivity contribution in [1.82, 2.24) is 0 Å². The molecule has 0 N–H and O–H groups in total. The second-order valence-corrected chi connectivity index (χ2v) is 15.7. The normalized spacial score (nSPS) is 15.5. The molecule has 368 valence electrons. The fourth-order valence-electron chi connectivity index (χ4n) is 7.15. The molecule has 0 atom stereocenters. The van der Waals surface area contributed by atoms with Crippen LogP contribution in [0.3, 0.4) is 0 Å². The van der Waals surface area contributed by atoms with Gasteiger partial charge in [0.15, 0.2) is 0 Å². The lowest BCUT2D eigenvalue weighted by Gasteiger charge is -2.63. The van der Waals surface area contributed by atoms with Crippen LogP contribution in [0.15, 0.2) is 0 Å². The van der Waals surface area contributed by atoms with E-state index in [1.54, 1.807) is 0 Å². The Balaban J connectivity index is 9.42. The zero-order valence-corrected chi connectivity index (χ0v) is 33.8. The van der Waals surface area contributed by atoms with E-state index >= 15 is 105 Å². The van der Waals surface area contributed by atoms with Gasteiger partial charge in [-0.05, 0) is 25.7 Å². The minimum atomic E-state index is -11.7. The van der Waals surface area contributed by atoms with Gasteiger partial charge in [-0.15, -0.1) is 0 Å². The Kier molecular flexibility index (Phi) is 20.1. The third-order valence-electron chi connectivity index (χ3n) is 11.1. The van der Waals surface area contributed by atoms with Gasteiger partial charge in [0, 0.05) is 25.7 Å². The van der Waals surface area contributed by atoms with Crippen molar-refractivity contribution in [3.63, 3.8) is 0 Å². The van der Waals surface area contributed by atoms with Crippen LogP contribution in [0.1, 0.15) is 156 Å². The van der Waals surface area contributed by atoms with E-state index in [1.165, 1.54) is 27.7 Å². The van der Waals surface area contributed by atoms with Gasteiger partial charge in [-0.3, -0.25) is 0 Å². The number of halogens is 24. The van der Waals surface area contributed by atoms with Crippen LogP contribution in [0.2, 0.25) is 0 Å². The van der Waals surface area contributed by atoms with Gasteiger partial charge < -0.3 is 0 Å². The summed E-state index contributed by atoms with van der Waals surface area (Å²) in [7, 11) is 0.